The second-order valence-electron chi connectivity index (χ2n) is 12.4. The second kappa shape index (κ2) is 12.8. The Balaban J connectivity index is 1.28. The lowest BCUT2D eigenvalue weighted by atomic mass is 9.75. The largest absolute Gasteiger partial charge is 0.439 e. The molecule has 2 aliphatic rings. The summed E-state index contributed by atoms with van der Waals surface area (Å²) in [4.78, 5) is 1.99. The SMILES string of the molecule is CC[n+]1c(C=C2C=C(C=CC=C3Oc4ccc(-c5ccccc5)cc4N3CCCS(=O)(=O)O)CC(C)(C)C2)sc2ccccc21. The van der Waals surface area contributed by atoms with E-state index >= 15 is 0 Å². The Labute approximate surface area is 270 Å². The summed E-state index contributed by atoms with van der Waals surface area (Å²) >= 11 is 1.83. The summed E-state index contributed by atoms with van der Waals surface area (Å²) in [6.07, 6.45) is 13.0. The Morgan fingerprint density at radius 2 is 1.80 bits per heavy atom. The summed E-state index contributed by atoms with van der Waals surface area (Å²) in [5, 5.41) is 1.26. The van der Waals surface area contributed by atoms with Crippen molar-refractivity contribution in [1.29, 1.82) is 0 Å². The van der Waals surface area contributed by atoms with E-state index in [1.165, 1.54) is 26.4 Å². The standard InChI is InChI=1S/C37H38N2O4S2/c1-4-38-31-15-8-9-16-34(31)44-36(38)23-28-22-27(25-37(2,3)26-28)12-10-17-35-39(20-11-21-45(40,41)42)32-24-30(18-19-33(32)43-35)29-13-6-5-7-14-29/h5-10,12-19,22-24H,4,11,20-21,25-26H2,1-3H3/p+1. The highest BCUT2D eigenvalue weighted by Gasteiger charge is 2.28. The highest BCUT2D eigenvalue weighted by molar-refractivity contribution is 7.85. The zero-order valence-corrected chi connectivity index (χ0v) is 27.6. The minimum atomic E-state index is -4.06. The monoisotopic (exact) mass is 639 g/mol. The predicted octanol–water partition coefficient (Wildman–Crippen LogP) is 8.58. The van der Waals surface area contributed by atoms with E-state index in [2.05, 4.69) is 86.0 Å². The van der Waals surface area contributed by atoms with Crippen molar-refractivity contribution in [3.63, 3.8) is 0 Å². The third-order valence-electron chi connectivity index (χ3n) is 8.17. The Morgan fingerprint density at radius 3 is 2.58 bits per heavy atom. The molecular weight excluding hydrogens is 601 g/mol. The fraction of sp³-hybridized carbons (Fsp3) is 0.270. The van der Waals surface area contributed by atoms with Crippen molar-refractivity contribution >= 4 is 43.4 Å². The van der Waals surface area contributed by atoms with Crippen LogP contribution in [0.2, 0.25) is 0 Å². The molecule has 6 nitrogen and oxygen atoms in total. The Hall–Kier alpha value is -3.98. The van der Waals surface area contributed by atoms with Crippen LogP contribution in [0, 0.1) is 5.41 Å². The van der Waals surface area contributed by atoms with E-state index in [1.54, 1.807) is 0 Å². The van der Waals surface area contributed by atoms with Gasteiger partial charge in [0.15, 0.2) is 5.75 Å². The van der Waals surface area contributed by atoms with Crippen molar-refractivity contribution in [2.75, 3.05) is 17.2 Å². The number of aromatic nitrogens is 1. The molecule has 1 aliphatic heterocycles. The molecule has 1 aliphatic carbocycles. The first-order chi connectivity index (χ1) is 21.6. The molecule has 45 heavy (non-hydrogen) atoms. The van der Waals surface area contributed by atoms with Gasteiger partial charge in [0.05, 0.1) is 11.4 Å². The maximum Gasteiger partial charge on any atom is 0.264 e. The van der Waals surface area contributed by atoms with Gasteiger partial charge in [-0.05, 0) is 78.1 Å². The van der Waals surface area contributed by atoms with Crippen LogP contribution in [0.1, 0.15) is 45.0 Å². The first kappa shape index (κ1) is 31.0. The van der Waals surface area contributed by atoms with E-state index in [0.29, 0.717) is 12.4 Å². The van der Waals surface area contributed by atoms with Crippen LogP contribution in [-0.2, 0) is 16.7 Å². The average Bonchev–Trinajstić information content (AvgIpc) is 3.52. The number of hydrogen-bond donors (Lipinski definition) is 1. The molecule has 0 bridgehead atoms. The van der Waals surface area contributed by atoms with Crippen LogP contribution in [0.4, 0.5) is 5.69 Å². The highest BCUT2D eigenvalue weighted by atomic mass is 32.2. The van der Waals surface area contributed by atoms with Crippen LogP contribution < -0.4 is 14.2 Å². The lowest BCUT2D eigenvalue weighted by molar-refractivity contribution is -0.665. The molecular formula is C37H39N2O4S2+. The van der Waals surface area contributed by atoms with E-state index in [-0.39, 0.29) is 17.6 Å². The Morgan fingerprint density at radius 1 is 1.02 bits per heavy atom. The molecule has 2 heterocycles. The van der Waals surface area contributed by atoms with E-state index in [4.69, 9.17) is 4.74 Å². The number of aryl methyl sites for hydroxylation is 1. The molecule has 0 atom stereocenters. The Bertz CT molecular complexity index is 1950. The summed E-state index contributed by atoms with van der Waals surface area (Å²) in [6.45, 7) is 8.14. The number of ether oxygens (including phenoxy) is 1. The zero-order valence-electron chi connectivity index (χ0n) is 25.9. The van der Waals surface area contributed by atoms with Crippen LogP contribution in [0.5, 0.6) is 5.75 Å². The topological polar surface area (TPSA) is 70.7 Å². The number of para-hydroxylation sites is 1. The molecule has 4 aromatic rings. The number of anilines is 1. The van der Waals surface area contributed by atoms with Gasteiger partial charge in [0.1, 0.15) is 11.2 Å². The number of hydrogen-bond acceptors (Lipinski definition) is 5. The lowest BCUT2D eigenvalue weighted by Crippen LogP contribution is -2.33. The molecule has 0 unspecified atom stereocenters. The molecule has 0 fully saturated rings. The van der Waals surface area contributed by atoms with Gasteiger partial charge < -0.3 is 9.64 Å². The first-order valence-electron chi connectivity index (χ1n) is 15.4. The number of allylic oxidation sites excluding steroid dienone is 6. The molecule has 0 spiro atoms. The average molecular weight is 640 g/mol. The molecule has 0 saturated carbocycles. The zero-order chi connectivity index (χ0) is 31.6. The van der Waals surface area contributed by atoms with Crippen LogP contribution in [0.3, 0.4) is 0 Å². The van der Waals surface area contributed by atoms with Gasteiger partial charge in [-0.15, -0.1) is 0 Å². The van der Waals surface area contributed by atoms with E-state index in [0.717, 1.165) is 42.0 Å². The van der Waals surface area contributed by atoms with Gasteiger partial charge >= 0.3 is 0 Å². The third kappa shape index (κ3) is 7.30. The highest BCUT2D eigenvalue weighted by Crippen LogP contribution is 2.42. The summed E-state index contributed by atoms with van der Waals surface area (Å²) in [5.41, 5.74) is 6.98. The first-order valence-corrected chi connectivity index (χ1v) is 17.8. The van der Waals surface area contributed by atoms with Crippen molar-refractivity contribution in [2.24, 2.45) is 5.41 Å². The summed E-state index contributed by atoms with van der Waals surface area (Å²) in [6, 6.07) is 24.8. The van der Waals surface area contributed by atoms with Crippen molar-refractivity contribution < 1.29 is 22.3 Å². The van der Waals surface area contributed by atoms with E-state index < -0.39 is 10.1 Å². The van der Waals surface area contributed by atoms with Gasteiger partial charge in [0.2, 0.25) is 11.4 Å². The fourth-order valence-corrected chi connectivity index (χ4v) is 7.97. The molecule has 232 valence electrons. The molecule has 0 radical (unpaired) electrons. The van der Waals surface area contributed by atoms with Crippen LogP contribution in [-0.4, -0.2) is 25.3 Å². The number of rotatable bonds is 9. The van der Waals surface area contributed by atoms with Crippen molar-refractivity contribution in [3.8, 4) is 16.9 Å². The lowest BCUT2D eigenvalue weighted by Gasteiger charge is -2.30. The molecule has 0 amide bonds. The predicted molar refractivity (Wildman–Crippen MR) is 185 cm³/mol. The minimum Gasteiger partial charge on any atom is -0.439 e. The maximum atomic E-state index is 11.5. The molecule has 1 aromatic heterocycles. The van der Waals surface area contributed by atoms with Crippen molar-refractivity contribution in [3.05, 3.63) is 119 Å². The fourth-order valence-electron chi connectivity index (χ4n) is 6.28. The number of nitrogens with zero attached hydrogens (tertiary/aromatic N) is 2. The smallest absolute Gasteiger partial charge is 0.264 e. The summed E-state index contributed by atoms with van der Waals surface area (Å²) in [5.74, 6) is 1.04. The third-order valence-corrected chi connectivity index (χ3v) is 10.1. The molecule has 6 rings (SSSR count). The van der Waals surface area contributed by atoms with E-state index in [9.17, 15) is 13.0 Å². The summed E-state index contributed by atoms with van der Waals surface area (Å²) in [7, 11) is -4.06. The second-order valence-corrected chi connectivity index (χ2v) is 15.0. The number of benzene rings is 3. The van der Waals surface area contributed by atoms with Gasteiger partial charge in [-0.3, -0.25) is 4.55 Å². The minimum absolute atomic E-state index is 0.122. The van der Waals surface area contributed by atoms with Crippen LogP contribution in [0.25, 0.3) is 27.4 Å². The quantitative estimate of drug-likeness (QED) is 0.147. The van der Waals surface area contributed by atoms with Gasteiger partial charge in [0, 0.05) is 18.7 Å². The normalized spacial score (nSPS) is 18.1. The number of thiazole rings is 1. The Kier molecular flexibility index (Phi) is 8.82. The van der Waals surface area contributed by atoms with Crippen LogP contribution in [0.15, 0.2) is 114 Å². The van der Waals surface area contributed by atoms with Crippen molar-refractivity contribution in [1.82, 2.24) is 0 Å². The molecule has 3 aromatic carbocycles. The van der Waals surface area contributed by atoms with E-state index in [1.807, 2.05) is 58.7 Å². The molecule has 8 heteroatoms. The van der Waals surface area contributed by atoms with Gasteiger partial charge in [0.25, 0.3) is 15.1 Å². The van der Waals surface area contributed by atoms with Crippen molar-refractivity contribution in [2.45, 2.75) is 46.6 Å². The van der Waals surface area contributed by atoms with Crippen LogP contribution >= 0.6 is 11.3 Å². The summed E-state index contributed by atoms with van der Waals surface area (Å²) < 4.78 is 42.2. The maximum absolute atomic E-state index is 11.5. The number of fused-ring (bicyclic) bond motifs is 2. The molecule has 1 N–H and O–H groups in total. The van der Waals surface area contributed by atoms with Gasteiger partial charge in [-0.1, -0.05) is 91.9 Å². The molecule has 0 saturated heterocycles. The van der Waals surface area contributed by atoms with Gasteiger partial charge in [-0.2, -0.15) is 13.0 Å². The van der Waals surface area contributed by atoms with Gasteiger partial charge in [-0.25, -0.2) is 0 Å².